The van der Waals surface area contributed by atoms with Gasteiger partial charge in [-0.05, 0) is 65.9 Å². The molecule has 0 atom stereocenters. The third kappa shape index (κ3) is 6.29. The molecular formula is C34H34FN5O5. The predicted octanol–water partition coefficient (Wildman–Crippen LogP) is 5.19. The molecule has 7 amide bonds. The lowest BCUT2D eigenvalue weighted by Gasteiger charge is -2.34. The first kappa shape index (κ1) is 30.0. The fourth-order valence-corrected chi connectivity index (χ4v) is 6.33. The standard InChI is InChI=1S/C34H34FN5O5/c35-27-13-11-24(12-14-27)30(42)36-28-10-6-7-23(19-28)20-38-18-15-29(41)39(33(38)45)21-25-8-2-3-9-26(25)22-40-31(43)34(37-32(40)44)16-4-1-5-17-34/h2-3,6-14,19H,1,4-5,15-18,20-22H2,(H,36,42)(H,37,44). The summed E-state index contributed by atoms with van der Waals surface area (Å²) in [4.78, 5) is 69.4. The van der Waals surface area contributed by atoms with Crippen molar-refractivity contribution < 1.29 is 28.4 Å². The number of urea groups is 2. The van der Waals surface area contributed by atoms with E-state index < -0.39 is 29.3 Å². The van der Waals surface area contributed by atoms with Gasteiger partial charge in [0.1, 0.15) is 11.4 Å². The van der Waals surface area contributed by atoms with E-state index in [2.05, 4.69) is 10.6 Å². The molecular weight excluding hydrogens is 577 g/mol. The molecule has 2 heterocycles. The van der Waals surface area contributed by atoms with Gasteiger partial charge in [-0.15, -0.1) is 0 Å². The van der Waals surface area contributed by atoms with Crippen LogP contribution in [0.5, 0.6) is 0 Å². The van der Waals surface area contributed by atoms with E-state index in [1.54, 1.807) is 35.2 Å². The van der Waals surface area contributed by atoms with Crippen LogP contribution in [0.25, 0.3) is 0 Å². The van der Waals surface area contributed by atoms with E-state index >= 15 is 0 Å². The number of halogens is 1. The Balaban J connectivity index is 1.13. The molecule has 1 aliphatic carbocycles. The molecule has 2 aliphatic heterocycles. The summed E-state index contributed by atoms with van der Waals surface area (Å²) in [5, 5.41) is 5.72. The van der Waals surface area contributed by atoms with Crippen LogP contribution in [-0.2, 0) is 29.2 Å². The number of nitrogens with zero attached hydrogens (tertiary/aromatic N) is 3. The maximum atomic E-state index is 13.6. The first-order valence-electron chi connectivity index (χ1n) is 15.2. The smallest absolute Gasteiger partial charge is 0.323 e. The Labute approximate surface area is 260 Å². The van der Waals surface area contributed by atoms with Crippen molar-refractivity contribution in [3.05, 3.63) is 101 Å². The van der Waals surface area contributed by atoms with Crippen molar-refractivity contribution in [2.45, 2.75) is 63.7 Å². The number of carbonyl (C=O) groups excluding carboxylic acids is 5. The highest BCUT2D eigenvalue weighted by atomic mass is 19.1. The molecule has 1 spiro atoms. The summed E-state index contributed by atoms with van der Waals surface area (Å²) < 4.78 is 13.2. The van der Waals surface area contributed by atoms with E-state index in [9.17, 15) is 28.4 Å². The van der Waals surface area contributed by atoms with E-state index in [1.807, 2.05) is 18.2 Å². The summed E-state index contributed by atoms with van der Waals surface area (Å²) >= 11 is 0. The van der Waals surface area contributed by atoms with Crippen molar-refractivity contribution in [3.8, 4) is 0 Å². The molecule has 0 radical (unpaired) electrons. The average Bonchev–Trinajstić information content (AvgIpc) is 3.25. The first-order valence-corrected chi connectivity index (χ1v) is 15.2. The van der Waals surface area contributed by atoms with Gasteiger partial charge in [0.15, 0.2) is 0 Å². The Morgan fingerprint density at radius 1 is 0.822 bits per heavy atom. The van der Waals surface area contributed by atoms with Gasteiger partial charge >= 0.3 is 12.1 Å². The lowest BCUT2D eigenvalue weighted by Crippen LogP contribution is -2.51. The zero-order valence-corrected chi connectivity index (χ0v) is 24.8. The zero-order chi connectivity index (χ0) is 31.6. The van der Waals surface area contributed by atoms with Crippen molar-refractivity contribution in [3.63, 3.8) is 0 Å². The molecule has 11 heteroatoms. The quantitative estimate of drug-likeness (QED) is 0.340. The van der Waals surface area contributed by atoms with Crippen molar-refractivity contribution in [1.82, 2.24) is 20.0 Å². The van der Waals surface area contributed by atoms with Crippen molar-refractivity contribution >= 4 is 35.5 Å². The second-order valence-corrected chi connectivity index (χ2v) is 11.8. The SMILES string of the molecule is O=C(Nc1cccc(CN2CCC(=O)N(Cc3ccccc3CN3C(=O)NC4(CCCCC4)C3=O)C2=O)c1)c1ccc(F)cc1. The predicted molar refractivity (Wildman–Crippen MR) is 163 cm³/mol. The molecule has 3 fully saturated rings. The molecule has 10 nitrogen and oxygen atoms in total. The number of carbonyl (C=O) groups is 5. The van der Waals surface area contributed by atoms with Gasteiger partial charge in [0, 0.05) is 30.8 Å². The molecule has 2 saturated heterocycles. The Morgan fingerprint density at radius 2 is 1.51 bits per heavy atom. The molecule has 0 aromatic heterocycles. The third-order valence-electron chi connectivity index (χ3n) is 8.79. The van der Waals surface area contributed by atoms with Crippen LogP contribution in [0, 0.1) is 5.82 Å². The zero-order valence-electron chi connectivity index (χ0n) is 24.8. The van der Waals surface area contributed by atoms with Gasteiger partial charge in [-0.3, -0.25) is 24.2 Å². The topological polar surface area (TPSA) is 119 Å². The number of nitrogens with one attached hydrogen (secondary N) is 2. The lowest BCUT2D eigenvalue weighted by molar-refractivity contribution is -0.133. The number of anilines is 1. The van der Waals surface area contributed by atoms with Crippen LogP contribution in [-0.4, -0.2) is 56.6 Å². The average molecular weight is 612 g/mol. The number of rotatable bonds is 8. The Morgan fingerprint density at radius 3 is 2.22 bits per heavy atom. The molecule has 1 saturated carbocycles. The Hall–Kier alpha value is -5.06. The van der Waals surface area contributed by atoms with Gasteiger partial charge in [0.05, 0.1) is 13.1 Å². The highest BCUT2D eigenvalue weighted by Gasteiger charge is 2.51. The Bertz CT molecular complexity index is 1650. The summed E-state index contributed by atoms with van der Waals surface area (Å²) in [5.41, 5.74) is 2.12. The van der Waals surface area contributed by atoms with Crippen LogP contribution in [0.3, 0.4) is 0 Å². The van der Waals surface area contributed by atoms with E-state index in [1.165, 1.54) is 34.1 Å². The van der Waals surface area contributed by atoms with Crippen LogP contribution in [0.15, 0.2) is 72.8 Å². The summed E-state index contributed by atoms with van der Waals surface area (Å²) in [7, 11) is 0. The third-order valence-corrected chi connectivity index (χ3v) is 8.79. The molecule has 3 aromatic rings. The minimum atomic E-state index is -0.829. The summed E-state index contributed by atoms with van der Waals surface area (Å²) in [5.74, 6) is -1.34. The van der Waals surface area contributed by atoms with Gasteiger partial charge in [0.2, 0.25) is 5.91 Å². The van der Waals surface area contributed by atoms with Crippen LogP contribution < -0.4 is 10.6 Å². The molecule has 0 unspecified atom stereocenters. The summed E-state index contributed by atoms with van der Waals surface area (Å²) in [6, 6.07) is 18.7. The van der Waals surface area contributed by atoms with E-state index in [4.69, 9.17) is 0 Å². The van der Waals surface area contributed by atoms with Crippen molar-refractivity contribution in [2.75, 3.05) is 11.9 Å². The van der Waals surface area contributed by atoms with E-state index in [0.29, 0.717) is 35.2 Å². The van der Waals surface area contributed by atoms with Crippen LogP contribution in [0.4, 0.5) is 19.7 Å². The minimum Gasteiger partial charge on any atom is -0.323 e. The maximum Gasteiger partial charge on any atom is 0.327 e. The number of hydrogen-bond acceptors (Lipinski definition) is 5. The maximum absolute atomic E-state index is 13.6. The molecule has 2 N–H and O–H groups in total. The molecule has 3 aliphatic rings. The van der Waals surface area contributed by atoms with Crippen LogP contribution in [0.2, 0.25) is 0 Å². The highest BCUT2D eigenvalue weighted by Crippen LogP contribution is 2.34. The van der Waals surface area contributed by atoms with Gasteiger partial charge < -0.3 is 15.5 Å². The van der Waals surface area contributed by atoms with E-state index in [0.717, 1.165) is 24.8 Å². The van der Waals surface area contributed by atoms with Gasteiger partial charge in [0.25, 0.3) is 11.8 Å². The number of benzene rings is 3. The minimum absolute atomic E-state index is 0.00684. The fourth-order valence-electron chi connectivity index (χ4n) is 6.33. The highest BCUT2D eigenvalue weighted by molar-refractivity contribution is 6.07. The van der Waals surface area contributed by atoms with Crippen molar-refractivity contribution in [1.29, 1.82) is 0 Å². The molecule has 45 heavy (non-hydrogen) atoms. The molecule has 6 rings (SSSR count). The second-order valence-electron chi connectivity index (χ2n) is 11.8. The van der Waals surface area contributed by atoms with Crippen LogP contribution in [0.1, 0.15) is 65.6 Å². The lowest BCUT2D eigenvalue weighted by atomic mass is 9.81. The summed E-state index contributed by atoms with van der Waals surface area (Å²) in [6.07, 6.45) is 4.23. The fraction of sp³-hybridized carbons (Fsp3) is 0.324. The largest absolute Gasteiger partial charge is 0.327 e. The van der Waals surface area contributed by atoms with Gasteiger partial charge in [-0.1, -0.05) is 55.7 Å². The van der Waals surface area contributed by atoms with Crippen molar-refractivity contribution in [2.24, 2.45) is 0 Å². The Kier molecular flexibility index (Phi) is 8.34. The number of imide groups is 2. The molecule has 3 aromatic carbocycles. The monoisotopic (exact) mass is 611 g/mol. The molecule has 232 valence electrons. The van der Waals surface area contributed by atoms with Gasteiger partial charge in [-0.25, -0.2) is 14.0 Å². The van der Waals surface area contributed by atoms with Crippen LogP contribution >= 0.6 is 0 Å². The van der Waals surface area contributed by atoms with Gasteiger partial charge in [-0.2, -0.15) is 0 Å². The number of amides is 7. The first-order chi connectivity index (χ1) is 21.7. The normalized spacial score (nSPS) is 18.0. The number of hydrogen-bond donors (Lipinski definition) is 2. The molecule has 0 bridgehead atoms. The van der Waals surface area contributed by atoms with E-state index in [-0.39, 0.29) is 44.4 Å². The summed E-state index contributed by atoms with van der Waals surface area (Å²) in [6.45, 7) is 0.521. The second kappa shape index (κ2) is 12.5.